The molecule has 4 N–H and O–H groups in total. The van der Waals surface area contributed by atoms with E-state index in [0.717, 1.165) is 5.56 Å². The molecule has 1 aromatic heterocycles. The minimum atomic E-state index is -0.240. The number of hydrogen-bond donors (Lipinski definition) is 3. The lowest BCUT2D eigenvalue weighted by Gasteiger charge is -2.34. The van der Waals surface area contributed by atoms with Gasteiger partial charge < -0.3 is 25.7 Å². The monoisotopic (exact) mass is 266 g/mol. The summed E-state index contributed by atoms with van der Waals surface area (Å²) in [5, 5.41) is 21.1. The number of rotatable bonds is 3. The number of aromatic nitrogens is 1. The van der Waals surface area contributed by atoms with Gasteiger partial charge in [-0.25, -0.2) is 4.98 Å². The van der Waals surface area contributed by atoms with Crippen LogP contribution in [0.25, 0.3) is 0 Å². The number of ether oxygens (including phenoxy) is 1. The van der Waals surface area contributed by atoms with Crippen LogP contribution in [-0.4, -0.2) is 53.5 Å². The van der Waals surface area contributed by atoms with Crippen molar-refractivity contribution in [2.75, 3.05) is 31.2 Å². The summed E-state index contributed by atoms with van der Waals surface area (Å²) in [5.41, 5.74) is 7.22. The van der Waals surface area contributed by atoms with Gasteiger partial charge in [0, 0.05) is 19.3 Å². The minimum absolute atomic E-state index is 0.0349. The molecule has 1 saturated heterocycles. The van der Waals surface area contributed by atoms with E-state index in [-0.39, 0.29) is 18.5 Å². The molecule has 1 aromatic rings. The van der Waals surface area contributed by atoms with Gasteiger partial charge in [-0.2, -0.15) is 0 Å². The molecule has 0 saturated carbocycles. The zero-order valence-corrected chi connectivity index (χ0v) is 10.8. The Morgan fingerprint density at radius 3 is 3.16 bits per heavy atom. The van der Waals surface area contributed by atoms with E-state index in [4.69, 9.17) is 15.7 Å². The maximum atomic E-state index is 9.17. The third kappa shape index (κ3) is 2.77. The molecule has 7 nitrogen and oxygen atoms in total. The summed E-state index contributed by atoms with van der Waals surface area (Å²) in [6.45, 7) is 3.53. The topological polar surface area (TPSA) is 104 Å². The van der Waals surface area contributed by atoms with Crippen molar-refractivity contribution in [1.82, 2.24) is 4.98 Å². The van der Waals surface area contributed by atoms with Crippen LogP contribution in [0.5, 0.6) is 0 Å². The zero-order chi connectivity index (χ0) is 13.8. The average Bonchev–Trinajstić information content (AvgIpc) is 2.46. The maximum absolute atomic E-state index is 9.17. The molecular formula is C12H18N4O3. The Morgan fingerprint density at radius 1 is 1.68 bits per heavy atom. The second kappa shape index (κ2) is 5.85. The predicted molar refractivity (Wildman–Crippen MR) is 70.5 cm³/mol. The van der Waals surface area contributed by atoms with Crippen LogP contribution in [0.4, 0.5) is 5.82 Å². The Morgan fingerprint density at radius 2 is 2.47 bits per heavy atom. The van der Waals surface area contributed by atoms with Crippen LogP contribution in [-0.2, 0) is 4.74 Å². The molecule has 0 bridgehead atoms. The summed E-state index contributed by atoms with van der Waals surface area (Å²) < 4.78 is 5.41. The highest BCUT2D eigenvalue weighted by Gasteiger charge is 2.24. The molecule has 104 valence electrons. The number of hydrogen-bond acceptors (Lipinski definition) is 6. The van der Waals surface area contributed by atoms with Crippen LogP contribution in [0.15, 0.2) is 17.4 Å². The van der Waals surface area contributed by atoms with Crippen molar-refractivity contribution in [1.29, 1.82) is 0 Å². The lowest BCUT2D eigenvalue weighted by Crippen LogP contribution is -2.45. The van der Waals surface area contributed by atoms with Crippen molar-refractivity contribution in [3.63, 3.8) is 0 Å². The van der Waals surface area contributed by atoms with Gasteiger partial charge in [-0.05, 0) is 18.6 Å². The Hall–Kier alpha value is -1.86. The van der Waals surface area contributed by atoms with E-state index in [2.05, 4.69) is 10.1 Å². The van der Waals surface area contributed by atoms with Gasteiger partial charge in [0.2, 0.25) is 0 Å². The van der Waals surface area contributed by atoms with E-state index in [1.165, 1.54) is 0 Å². The highest BCUT2D eigenvalue weighted by Crippen LogP contribution is 2.22. The number of aliphatic hydroxyl groups excluding tert-OH is 1. The second-order valence-electron chi connectivity index (χ2n) is 4.43. The number of aliphatic hydroxyl groups is 1. The molecule has 7 heteroatoms. The normalized spacial score (nSPS) is 20.6. The lowest BCUT2D eigenvalue weighted by atomic mass is 10.1. The molecule has 1 aliphatic rings. The van der Waals surface area contributed by atoms with E-state index < -0.39 is 0 Å². The summed E-state index contributed by atoms with van der Waals surface area (Å²) in [4.78, 5) is 6.29. The number of anilines is 1. The van der Waals surface area contributed by atoms with Gasteiger partial charge in [0.25, 0.3) is 0 Å². The Kier molecular flexibility index (Phi) is 4.18. The van der Waals surface area contributed by atoms with Gasteiger partial charge in [0.1, 0.15) is 5.82 Å². The van der Waals surface area contributed by atoms with E-state index in [1.54, 1.807) is 12.3 Å². The van der Waals surface area contributed by atoms with Crippen molar-refractivity contribution in [2.45, 2.75) is 13.0 Å². The van der Waals surface area contributed by atoms with Crippen LogP contribution in [0.3, 0.4) is 0 Å². The van der Waals surface area contributed by atoms with Crippen molar-refractivity contribution in [2.24, 2.45) is 10.9 Å². The Bertz CT molecular complexity index is 478. The van der Waals surface area contributed by atoms with Crippen LogP contribution >= 0.6 is 0 Å². The fraction of sp³-hybridized carbons (Fsp3) is 0.500. The first-order valence-corrected chi connectivity index (χ1v) is 6.08. The summed E-state index contributed by atoms with van der Waals surface area (Å²) in [6, 6.07) is 1.81. The van der Waals surface area contributed by atoms with Gasteiger partial charge in [-0.1, -0.05) is 5.16 Å². The fourth-order valence-corrected chi connectivity index (χ4v) is 2.17. The van der Waals surface area contributed by atoms with Crippen molar-refractivity contribution >= 4 is 11.7 Å². The van der Waals surface area contributed by atoms with Crippen LogP contribution in [0, 0.1) is 6.92 Å². The first kappa shape index (κ1) is 13.6. The van der Waals surface area contributed by atoms with E-state index in [0.29, 0.717) is 31.1 Å². The average molecular weight is 266 g/mol. The van der Waals surface area contributed by atoms with Crippen LogP contribution in [0.1, 0.15) is 11.1 Å². The molecule has 19 heavy (non-hydrogen) atoms. The first-order chi connectivity index (χ1) is 9.17. The van der Waals surface area contributed by atoms with E-state index in [1.807, 2.05) is 11.8 Å². The summed E-state index contributed by atoms with van der Waals surface area (Å²) in [7, 11) is 0. The second-order valence-corrected chi connectivity index (χ2v) is 4.43. The van der Waals surface area contributed by atoms with Gasteiger partial charge in [-0.3, -0.25) is 0 Å². The molecule has 2 heterocycles. The summed E-state index contributed by atoms with van der Waals surface area (Å²) >= 11 is 0. The SMILES string of the molecule is Cc1ccnc(N2CCOC(CO)C2)c1/C(N)=N/O. The summed E-state index contributed by atoms with van der Waals surface area (Å²) in [5.74, 6) is 0.685. The van der Waals surface area contributed by atoms with Crippen LogP contribution in [0.2, 0.25) is 0 Å². The van der Waals surface area contributed by atoms with Crippen molar-refractivity contribution in [3.8, 4) is 0 Å². The lowest BCUT2D eigenvalue weighted by molar-refractivity contribution is 0.00335. The third-order valence-corrected chi connectivity index (χ3v) is 3.15. The molecule has 1 atom stereocenters. The molecule has 1 unspecified atom stereocenters. The van der Waals surface area contributed by atoms with Gasteiger partial charge in [0.15, 0.2) is 5.84 Å². The van der Waals surface area contributed by atoms with Gasteiger partial charge in [-0.15, -0.1) is 0 Å². The number of aryl methyl sites for hydroxylation is 1. The highest BCUT2D eigenvalue weighted by molar-refractivity contribution is 6.02. The molecule has 0 spiro atoms. The highest BCUT2D eigenvalue weighted by atomic mass is 16.5. The first-order valence-electron chi connectivity index (χ1n) is 6.08. The zero-order valence-electron chi connectivity index (χ0n) is 10.8. The standard InChI is InChI=1S/C12H18N4O3/c1-8-2-3-14-12(10(8)11(13)15-18)16-4-5-19-9(6-16)7-17/h2-3,9,17-18H,4-7H2,1H3,(H2,13,15). The van der Waals surface area contributed by atoms with E-state index in [9.17, 15) is 5.11 Å². The number of nitrogens with two attached hydrogens (primary N) is 1. The molecule has 0 amide bonds. The number of amidine groups is 1. The molecule has 0 aliphatic carbocycles. The molecule has 1 aliphatic heterocycles. The third-order valence-electron chi connectivity index (χ3n) is 3.15. The number of pyridine rings is 1. The minimum Gasteiger partial charge on any atom is -0.409 e. The largest absolute Gasteiger partial charge is 0.409 e. The molecule has 0 aromatic carbocycles. The molecule has 2 rings (SSSR count). The maximum Gasteiger partial charge on any atom is 0.174 e. The number of nitrogens with zero attached hydrogens (tertiary/aromatic N) is 3. The van der Waals surface area contributed by atoms with Crippen LogP contribution < -0.4 is 10.6 Å². The predicted octanol–water partition coefficient (Wildman–Crippen LogP) is -0.318. The number of oxime groups is 1. The summed E-state index contributed by atoms with van der Waals surface area (Å²) in [6.07, 6.45) is 1.44. The van der Waals surface area contributed by atoms with E-state index >= 15 is 0 Å². The van der Waals surface area contributed by atoms with Gasteiger partial charge in [0.05, 0.1) is 24.9 Å². The Labute approximate surface area is 111 Å². The van der Waals surface area contributed by atoms with Crippen molar-refractivity contribution in [3.05, 3.63) is 23.4 Å². The number of morpholine rings is 1. The Balaban J connectivity index is 2.36. The quantitative estimate of drug-likeness (QED) is 0.300. The smallest absolute Gasteiger partial charge is 0.174 e. The molecule has 0 radical (unpaired) electrons. The van der Waals surface area contributed by atoms with Crippen molar-refractivity contribution < 1.29 is 15.1 Å². The molecular weight excluding hydrogens is 248 g/mol. The van der Waals surface area contributed by atoms with Gasteiger partial charge >= 0.3 is 0 Å². The fourth-order valence-electron chi connectivity index (χ4n) is 2.17. The molecule has 1 fully saturated rings.